The third-order valence-electron chi connectivity index (χ3n) is 5.98. The molecule has 0 unspecified atom stereocenters. The summed E-state index contributed by atoms with van der Waals surface area (Å²) in [5, 5.41) is 0. The number of rotatable bonds is 4. The predicted octanol–water partition coefficient (Wildman–Crippen LogP) is 2.03. The van der Waals surface area contributed by atoms with E-state index in [9.17, 15) is 0 Å². The molecule has 2 aliphatic heterocycles. The number of benzene rings is 1. The van der Waals surface area contributed by atoms with Crippen LogP contribution in [-0.4, -0.2) is 68.3 Å². The average molecular weight is 330 g/mol. The summed E-state index contributed by atoms with van der Waals surface area (Å²) in [5.41, 5.74) is 7.88. The van der Waals surface area contributed by atoms with Crippen LogP contribution in [0.5, 0.6) is 5.75 Å². The second-order valence-corrected chi connectivity index (χ2v) is 7.45. The summed E-state index contributed by atoms with van der Waals surface area (Å²) in [6.45, 7) is 7.33. The van der Waals surface area contributed by atoms with Crippen LogP contribution in [0.2, 0.25) is 0 Å². The first-order chi connectivity index (χ1) is 11.7. The molecular weight excluding hydrogens is 300 g/mol. The maximum Gasteiger partial charge on any atom is 0.143 e. The van der Waals surface area contributed by atoms with Gasteiger partial charge in [0.05, 0.1) is 12.8 Å². The number of hydrogen-bond acceptors (Lipinski definition) is 5. The van der Waals surface area contributed by atoms with E-state index in [4.69, 9.17) is 10.5 Å². The summed E-state index contributed by atoms with van der Waals surface area (Å²) >= 11 is 0. The molecule has 3 aliphatic rings. The molecule has 132 valence electrons. The highest BCUT2D eigenvalue weighted by atomic mass is 16.5. The van der Waals surface area contributed by atoms with E-state index in [-0.39, 0.29) is 0 Å². The molecule has 1 aromatic carbocycles. The lowest BCUT2D eigenvalue weighted by molar-refractivity contribution is 0.0809. The van der Waals surface area contributed by atoms with Crippen molar-refractivity contribution in [3.8, 4) is 5.75 Å². The summed E-state index contributed by atoms with van der Waals surface area (Å²) in [4.78, 5) is 7.91. The summed E-state index contributed by atoms with van der Waals surface area (Å²) in [7, 11) is 1.68. The van der Waals surface area contributed by atoms with Crippen LogP contribution in [0.15, 0.2) is 18.2 Å². The number of piperazine rings is 1. The van der Waals surface area contributed by atoms with Crippen LogP contribution in [0.4, 0.5) is 11.4 Å². The maximum absolute atomic E-state index is 5.93. The molecule has 2 N–H and O–H groups in total. The fourth-order valence-corrected chi connectivity index (χ4v) is 4.29. The standard InChI is InChI=1S/C19H30N4O/c1-24-19-14-17(4-5-18(19)20)21-8-6-16(7-9-21)23-12-10-22(11-13-23)15-2-3-15/h4-5,14-16H,2-3,6-13,20H2,1H3. The van der Waals surface area contributed by atoms with Crippen molar-refractivity contribution in [3.63, 3.8) is 0 Å². The quantitative estimate of drug-likeness (QED) is 0.856. The van der Waals surface area contributed by atoms with Gasteiger partial charge in [-0.15, -0.1) is 0 Å². The molecule has 0 aromatic heterocycles. The van der Waals surface area contributed by atoms with Crippen molar-refractivity contribution in [1.29, 1.82) is 0 Å². The molecule has 5 nitrogen and oxygen atoms in total. The van der Waals surface area contributed by atoms with E-state index in [1.165, 1.54) is 57.5 Å². The number of nitrogens with two attached hydrogens (primary N) is 1. The Morgan fingerprint density at radius 2 is 1.46 bits per heavy atom. The average Bonchev–Trinajstić information content (AvgIpc) is 3.48. The van der Waals surface area contributed by atoms with Gasteiger partial charge in [-0.2, -0.15) is 0 Å². The highest BCUT2D eigenvalue weighted by molar-refractivity contribution is 5.62. The third-order valence-corrected chi connectivity index (χ3v) is 5.98. The predicted molar refractivity (Wildman–Crippen MR) is 98.8 cm³/mol. The van der Waals surface area contributed by atoms with Crippen molar-refractivity contribution < 1.29 is 4.74 Å². The normalized spacial score (nSPS) is 24.3. The number of nitrogens with zero attached hydrogens (tertiary/aromatic N) is 3. The highest BCUT2D eigenvalue weighted by Crippen LogP contribution is 2.31. The summed E-state index contributed by atoms with van der Waals surface area (Å²) in [5.74, 6) is 0.783. The molecule has 2 saturated heterocycles. The summed E-state index contributed by atoms with van der Waals surface area (Å²) in [6.07, 6.45) is 5.39. The van der Waals surface area contributed by atoms with Crippen LogP contribution in [0.3, 0.4) is 0 Å². The van der Waals surface area contributed by atoms with E-state index in [1.54, 1.807) is 7.11 Å². The van der Waals surface area contributed by atoms with Gasteiger partial charge in [-0.05, 0) is 37.8 Å². The minimum absolute atomic E-state index is 0.713. The van der Waals surface area contributed by atoms with E-state index in [1.807, 2.05) is 6.07 Å². The molecule has 0 bridgehead atoms. The van der Waals surface area contributed by atoms with Crippen LogP contribution in [0, 0.1) is 0 Å². The van der Waals surface area contributed by atoms with Gasteiger partial charge in [0, 0.05) is 63.1 Å². The fraction of sp³-hybridized carbons (Fsp3) is 0.684. The second-order valence-electron chi connectivity index (χ2n) is 7.45. The summed E-state index contributed by atoms with van der Waals surface area (Å²) < 4.78 is 5.36. The SMILES string of the molecule is COc1cc(N2CCC(N3CCN(C4CC4)CC3)CC2)ccc1N. The summed E-state index contributed by atoms with van der Waals surface area (Å²) in [6, 6.07) is 7.83. The smallest absolute Gasteiger partial charge is 0.143 e. The molecule has 1 aromatic rings. The topological polar surface area (TPSA) is 45.0 Å². The fourth-order valence-electron chi connectivity index (χ4n) is 4.29. The Kier molecular flexibility index (Phi) is 4.55. The van der Waals surface area contributed by atoms with Gasteiger partial charge in [0.2, 0.25) is 0 Å². The molecule has 24 heavy (non-hydrogen) atoms. The molecule has 4 rings (SSSR count). The van der Waals surface area contributed by atoms with Crippen molar-refractivity contribution in [2.45, 2.75) is 37.8 Å². The molecule has 0 amide bonds. The Labute approximate surface area is 145 Å². The Balaban J connectivity index is 1.30. The van der Waals surface area contributed by atoms with Crippen molar-refractivity contribution in [3.05, 3.63) is 18.2 Å². The Hall–Kier alpha value is -1.46. The van der Waals surface area contributed by atoms with Crippen LogP contribution in [-0.2, 0) is 0 Å². The number of methoxy groups -OCH3 is 1. The van der Waals surface area contributed by atoms with Crippen molar-refractivity contribution >= 4 is 11.4 Å². The van der Waals surface area contributed by atoms with Gasteiger partial charge in [0.25, 0.3) is 0 Å². The number of piperidine rings is 1. The molecule has 5 heteroatoms. The van der Waals surface area contributed by atoms with Crippen LogP contribution in [0.25, 0.3) is 0 Å². The molecule has 0 atom stereocenters. The maximum atomic E-state index is 5.93. The van der Waals surface area contributed by atoms with Crippen LogP contribution < -0.4 is 15.4 Å². The lowest BCUT2D eigenvalue weighted by Gasteiger charge is -2.43. The lowest BCUT2D eigenvalue weighted by atomic mass is 10.0. The van der Waals surface area contributed by atoms with E-state index in [0.717, 1.165) is 30.9 Å². The Bertz CT molecular complexity index is 558. The van der Waals surface area contributed by atoms with Gasteiger partial charge in [-0.3, -0.25) is 9.80 Å². The molecule has 0 spiro atoms. The number of ether oxygens (including phenoxy) is 1. The van der Waals surface area contributed by atoms with E-state index >= 15 is 0 Å². The second kappa shape index (κ2) is 6.81. The number of hydrogen-bond donors (Lipinski definition) is 1. The molecule has 2 heterocycles. The zero-order valence-electron chi connectivity index (χ0n) is 14.8. The Morgan fingerprint density at radius 3 is 2.00 bits per heavy atom. The van der Waals surface area contributed by atoms with Crippen LogP contribution in [0.1, 0.15) is 25.7 Å². The minimum Gasteiger partial charge on any atom is -0.495 e. The van der Waals surface area contributed by atoms with Gasteiger partial charge in [0.1, 0.15) is 5.75 Å². The lowest BCUT2D eigenvalue weighted by Crippen LogP contribution is -2.53. The first kappa shape index (κ1) is 16.0. The van der Waals surface area contributed by atoms with E-state index in [0.29, 0.717) is 5.69 Å². The van der Waals surface area contributed by atoms with Crippen molar-refractivity contribution in [1.82, 2.24) is 9.80 Å². The van der Waals surface area contributed by atoms with Crippen LogP contribution >= 0.6 is 0 Å². The molecule has 1 aliphatic carbocycles. The molecule has 1 saturated carbocycles. The monoisotopic (exact) mass is 330 g/mol. The first-order valence-corrected chi connectivity index (χ1v) is 9.41. The van der Waals surface area contributed by atoms with Gasteiger partial charge < -0.3 is 15.4 Å². The molecule has 0 radical (unpaired) electrons. The van der Waals surface area contributed by atoms with E-state index in [2.05, 4.69) is 26.8 Å². The zero-order valence-corrected chi connectivity index (χ0v) is 14.8. The number of anilines is 2. The van der Waals surface area contributed by atoms with Crippen molar-refractivity contribution in [2.75, 3.05) is 57.0 Å². The molecular formula is C19H30N4O. The van der Waals surface area contributed by atoms with Gasteiger partial charge in [-0.1, -0.05) is 0 Å². The molecule has 3 fully saturated rings. The number of nitrogen functional groups attached to an aromatic ring is 1. The van der Waals surface area contributed by atoms with Gasteiger partial charge in [-0.25, -0.2) is 0 Å². The first-order valence-electron chi connectivity index (χ1n) is 9.41. The zero-order chi connectivity index (χ0) is 16.5. The van der Waals surface area contributed by atoms with E-state index < -0.39 is 0 Å². The minimum atomic E-state index is 0.713. The largest absolute Gasteiger partial charge is 0.495 e. The third kappa shape index (κ3) is 3.33. The highest BCUT2D eigenvalue weighted by Gasteiger charge is 2.33. The Morgan fingerprint density at radius 1 is 0.875 bits per heavy atom. The van der Waals surface area contributed by atoms with Crippen molar-refractivity contribution in [2.24, 2.45) is 0 Å². The van der Waals surface area contributed by atoms with Gasteiger partial charge >= 0.3 is 0 Å². The van der Waals surface area contributed by atoms with Gasteiger partial charge in [0.15, 0.2) is 0 Å².